The molecule has 3 aromatic rings. The van der Waals surface area contributed by atoms with Crippen molar-refractivity contribution in [2.24, 2.45) is 0 Å². The van der Waals surface area contributed by atoms with E-state index in [4.69, 9.17) is 14.2 Å². The Morgan fingerprint density at radius 1 is 0.680 bits per heavy atom. The summed E-state index contributed by atoms with van der Waals surface area (Å²) in [5.74, 6) is 3.20. The van der Waals surface area contributed by atoms with Crippen LogP contribution in [-0.2, 0) is 13.0 Å². The third-order valence-corrected chi connectivity index (χ3v) is 3.94. The molecule has 0 aliphatic carbocycles. The van der Waals surface area contributed by atoms with Crippen LogP contribution in [-0.4, -0.2) is 7.11 Å². The normalized spacial score (nSPS) is 10.3. The minimum Gasteiger partial charge on any atom is -0.497 e. The van der Waals surface area contributed by atoms with Gasteiger partial charge in [0.15, 0.2) is 0 Å². The molecule has 0 N–H and O–H groups in total. The molecule has 3 heteroatoms. The summed E-state index contributed by atoms with van der Waals surface area (Å²) < 4.78 is 16.9. The Bertz CT molecular complexity index is 792. The quantitative estimate of drug-likeness (QED) is 0.560. The third kappa shape index (κ3) is 4.77. The van der Waals surface area contributed by atoms with Gasteiger partial charge in [0.2, 0.25) is 0 Å². The zero-order valence-electron chi connectivity index (χ0n) is 14.6. The predicted octanol–water partition coefficient (Wildman–Crippen LogP) is 5.63. The molecule has 0 saturated carbocycles. The number of hydrogen-bond donors (Lipinski definition) is 0. The van der Waals surface area contributed by atoms with Crippen LogP contribution in [0.2, 0.25) is 0 Å². The van der Waals surface area contributed by atoms with E-state index in [1.165, 1.54) is 5.56 Å². The second-order valence-electron chi connectivity index (χ2n) is 5.71. The highest BCUT2D eigenvalue weighted by Gasteiger charge is 2.02. The lowest BCUT2D eigenvalue weighted by Crippen LogP contribution is -1.96. The van der Waals surface area contributed by atoms with Crippen LogP contribution in [0.15, 0.2) is 72.8 Å². The summed E-state index contributed by atoms with van der Waals surface area (Å²) in [5.41, 5.74) is 2.38. The standard InChI is InChI=1S/C22H22O3/c1-3-17-7-13-20(14-8-17)25-22-6-4-5-21(15-22)24-16-18-9-11-19(23-2)12-10-18/h4-15H,3,16H2,1-2H3. The van der Waals surface area contributed by atoms with Gasteiger partial charge in [-0.05, 0) is 53.9 Å². The molecular formula is C22H22O3. The van der Waals surface area contributed by atoms with Gasteiger partial charge < -0.3 is 14.2 Å². The van der Waals surface area contributed by atoms with Crippen molar-refractivity contribution >= 4 is 0 Å². The van der Waals surface area contributed by atoms with Crippen molar-refractivity contribution in [3.63, 3.8) is 0 Å². The highest BCUT2D eigenvalue weighted by Crippen LogP contribution is 2.26. The number of ether oxygens (including phenoxy) is 3. The lowest BCUT2D eigenvalue weighted by molar-refractivity contribution is 0.304. The maximum Gasteiger partial charge on any atom is 0.131 e. The summed E-state index contributed by atoms with van der Waals surface area (Å²) in [4.78, 5) is 0. The summed E-state index contributed by atoms with van der Waals surface area (Å²) in [6.07, 6.45) is 1.02. The lowest BCUT2D eigenvalue weighted by atomic mass is 10.2. The van der Waals surface area contributed by atoms with E-state index in [0.29, 0.717) is 6.61 Å². The average molecular weight is 334 g/mol. The van der Waals surface area contributed by atoms with Crippen LogP contribution in [0.4, 0.5) is 0 Å². The van der Waals surface area contributed by atoms with Gasteiger partial charge in [0.05, 0.1) is 7.11 Å². The molecule has 128 valence electrons. The molecule has 0 spiro atoms. The van der Waals surface area contributed by atoms with Crippen molar-refractivity contribution in [1.29, 1.82) is 0 Å². The maximum atomic E-state index is 5.90. The van der Waals surface area contributed by atoms with E-state index >= 15 is 0 Å². The van der Waals surface area contributed by atoms with E-state index in [1.807, 2.05) is 60.7 Å². The second kappa shape index (κ2) is 8.25. The van der Waals surface area contributed by atoms with Crippen LogP contribution in [0, 0.1) is 0 Å². The predicted molar refractivity (Wildman–Crippen MR) is 99.7 cm³/mol. The van der Waals surface area contributed by atoms with Crippen molar-refractivity contribution in [3.05, 3.63) is 83.9 Å². The minimum atomic E-state index is 0.499. The maximum absolute atomic E-state index is 5.90. The van der Waals surface area contributed by atoms with Crippen molar-refractivity contribution in [3.8, 4) is 23.0 Å². The molecule has 25 heavy (non-hydrogen) atoms. The highest BCUT2D eigenvalue weighted by atomic mass is 16.5. The summed E-state index contributed by atoms with van der Waals surface area (Å²) in [5, 5.41) is 0. The first-order chi connectivity index (χ1) is 12.3. The van der Waals surface area contributed by atoms with Gasteiger partial charge in [-0.15, -0.1) is 0 Å². The summed E-state index contributed by atoms with van der Waals surface area (Å²) in [6, 6.07) is 23.7. The first-order valence-electron chi connectivity index (χ1n) is 8.39. The van der Waals surface area contributed by atoms with Crippen LogP contribution in [0.1, 0.15) is 18.1 Å². The van der Waals surface area contributed by atoms with E-state index in [0.717, 1.165) is 35.0 Å². The Morgan fingerprint density at radius 3 is 2.00 bits per heavy atom. The molecular weight excluding hydrogens is 312 g/mol. The van der Waals surface area contributed by atoms with Crippen molar-refractivity contribution in [1.82, 2.24) is 0 Å². The Morgan fingerprint density at radius 2 is 1.32 bits per heavy atom. The monoisotopic (exact) mass is 334 g/mol. The number of aryl methyl sites for hydroxylation is 1. The fourth-order valence-electron chi connectivity index (χ4n) is 2.45. The zero-order chi connectivity index (χ0) is 17.5. The molecule has 3 aromatic carbocycles. The first kappa shape index (κ1) is 16.9. The fraction of sp³-hybridized carbons (Fsp3) is 0.182. The molecule has 0 aliphatic heterocycles. The van der Waals surface area contributed by atoms with E-state index in [2.05, 4.69) is 19.1 Å². The lowest BCUT2D eigenvalue weighted by Gasteiger charge is -2.10. The van der Waals surface area contributed by atoms with Gasteiger partial charge in [0.1, 0.15) is 29.6 Å². The van der Waals surface area contributed by atoms with Gasteiger partial charge in [0, 0.05) is 6.07 Å². The average Bonchev–Trinajstić information content (AvgIpc) is 2.68. The largest absolute Gasteiger partial charge is 0.497 e. The Hall–Kier alpha value is -2.94. The number of rotatable bonds is 7. The molecule has 0 heterocycles. The summed E-state index contributed by atoms with van der Waals surface area (Å²) in [6.45, 7) is 2.64. The van der Waals surface area contributed by atoms with Crippen LogP contribution >= 0.6 is 0 Å². The number of hydrogen-bond acceptors (Lipinski definition) is 3. The van der Waals surface area contributed by atoms with Crippen LogP contribution in [0.5, 0.6) is 23.0 Å². The molecule has 0 saturated heterocycles. The van der Waals surface area contributed by atoms with Crippen LogP contribution < -0.4 is 14.2 Å². The van der Waals surface area contributed by atoms with Crippen LogP contribution in [0.25, 0.3) is 0 Å². The van der Waals surface area contributed by atoms with Gasteiger partial charge in [-0.25, -0.2) is 0 Å². The zero-order valence-corrected chi connectivity index (χ0v) is 14.6. The van der Waals surface area contributed by atoms with Crippen molar-refractivity contribution in [2.75, 3.05) is 7.11 Å². The van der Waals surface area contributed by atoms with E-state index in [1.54, 1.807) is 7.11 Å². The smallest absolute Gasteiger partial charge is 0.131 e. The Labute approximate surface area is 148 Å². The topological polar surface area (TPSA) is 27.7 Å². The molecule has 0 amide bonds. The van der Waals surface area contributed by atoms with E-state index in [-0.39, 0.29) is 0 Å². The second-order valence-corrected chi connectivity index (χ2v) is 5.71. The fourth-order valence-corrected chi connectivity index (χ4v) is 2.45. The van der Waals surface area contributed by atoms with Gasteiger partial charge in [-0.2, -0.15) is 0 Å². The van der Waals surface area contributed by atoms with Crippen molar-refractivity contribution < 1.29 is 14.2 Å². The number of methoxy groups -OCH3 is 1. The van der Waals surface area contributed by atoms with E-state index < -0.39 is 0 Å². The molecule has 0 atom stereocenters. The van der Waals surface area contributed by atoms with Crippen molar-refractivity contribution in [2.45, 2.75) is 20.0 Å². The van der Waals surface area contributed by atoms with Gasteiger partial charge in [0.25, 0.3) is 0 Å². The molecule has 0 radical (unpaired) electrons. The molecule has 3 nitrogen and oxygen atoms in total. The summed E-state index contributed by atoms with van der Waals surface area (Å²) >= 11 is 0. The first-order valence-corrected chi connectivity index (χ1v) is 8.39. The molecule has 0 unspecified atom stereocenters. The van der Waals surface area contributed by atoms with Gasteiger partial charge in [-0.1, -0.05) is 37.3 Å². The van der Waals surface area contributed by atoms with Crippen LogP contribution in [0.3, 0.4) is 0 Å². The molecule has 0 bridgehead atoms. The Balaban J connectivity index is 1.62. The summed E-state index contributed by atoms with van der Waals surface area (Å²) in [7, 11) is 1.66. The third-order valence-electron chi connectivity index (χ3n) is 3.94. The molecule has 0 fully saturated rings. The molecule has 0 aliphatic rings. The van der Waals surface area contributed by atoms with E-state index in [9.17, 15) is 0 Å². The minimum absolute atomic E-state index is 0.499. The van der Waals surface area contributed by atoms with Gasteiger partial charge >= 0.3 is 0 Å². The Kier molecular flexibility index (Phi) is 5.57. The van der Waals surface area contributed by atoms with Gasteiger partial charge in [-0.3, -0.25) is 0 Å². The SMILES string of the molecule is CCc1ccc(Oc2cccc(OCc3ccc(OC)cc3)c2)cc1. The molecule has 0 aromatic heterocycles. The number of benzene rings is 3. The molecule has 3 rings (SSSR count). The highest BCUT2D eigenvalue weighted by molar-refractivity contribution is 5.38.